The van der Waals surface area contributed by atoms with E-state index in [-0.39, 0.29) is 0 Å². The average Bonchev–Trinajstić information content (AvgIpc) is 2.53. The summed E-state index contributed by atoms with van der Waals surface area (Å²) in [5, 5.41) is 15.6. The summed E-state index contributed by atoms with van der Waals surface area (Å²) >= 11 is 0. The van der Waals surface area contributed by atoms with Gasteiger partial charge < -0.3 is 11.1 Å². The lowest BCUT2D eigenvalue weighted by molar-refractivity contribution is 0.633. The van der Waals surface area contributed by atoms with Crippen LogP contribution in [0.5, 0.6) is 0 Å². The topological polar surface area (TPSA) is 92.5 Å². The van der Waals surface area contributed by atoms with Gasteiger partial charge in [0.05, 0.1) is 19.0 Å². The van der Waals surface area contributed by atoms with Gasteiger partial charge in [0.15, 0.2) is 0 Å². The van der Waals surface area contributed by atoms with E-state index in [1.54, 1.807) is 0 Å². The van der Waals surface area contributed by atoms with Gasteiger partial charge in [0, 0.05) is 6.54 Å². The van der Waals surface area contributed by atoms with Gasteiger partial charge in [-0.05, 0) is 5.92 Å². The van der Waals surface area contributed by atoms with Crippen molar-refractivity contribution in [2.75, 3.05) is 17.6 Å². The molecule has 0 aliphatic rings. The molecule has 0 spiro atoms. The molecule has 0 aliphatic carbocycles. The first-order valence-electron chi connectivity index (χ1n) is 4.94. The molecule has 15 heavy (non-hydrogen) atoms. The lowest BCUT2D eigenvalue weighted by atomic mass is 10.2. The van der Waals surface area contributed by atoms with E-state index in [0.717, 1.165) is 6.54 Å². The monoisotopic (exact) mass is 208 g/mol. The minimum atomic E-state index is 0.344. The van der Waals surface area contributed by atoms with E-state index in [1.165, 1.54) is 4.68 Å². The van der Waals surface area contributed by atoms with Crippen molar-refractivity contribution in [3.63, 3.8) is 0 Å². The summed E-state index contributed by atoms with van der Waals surface area (Å²) in [7, 11) is 0. The molecule has 0 atom stereocenters. The first kappa shape index (κ1) is 11.3. The summed E-state index contributed by atoms with van der Waals surface area (Å²) < 4.78 is 1.53. The summed E-state index contributed by atoms with van der Waals surface area (Å²) in [6, 6.07) is 2.04. The van der Waals surface area contributed by atoms with Crippen LogP contribution in [0.25, 0.3) is 0 Å². The van der Waals surface area contributed by atoms with Gasteiger partial charge >= 0.3 is 0 Å². The van der Waals surface area contributed by atoms with Crippen molar-refractivity contribution in [2.24, 2.45) is 5.92 Å². The molecule has 6 heteroatoms. The maximum Gasteiger partial charge on any atom is 0.243 e. The van der Waals surface area contributed by atoms with E-state index >= 15 is 0 Å². The summed E-state index contributed by atoms with van der Waals surface area (Å²) in [4.78, 5) is 4.04. The predicted molar refractivity (Wildman–Crippen MR) is 58.0 cm³/mol. The number of nitrogens with one attached hydrogen (secondary N) is 1. The van der Waals surface area contributed by atoms with E-state index in [2.05, 4.69) is 29.2 Å². The molecule has 0 aliphatic heterocycles. The van der Waals surface area contributed by atoms with Crippen LogP contribution in [0.4, 0.5) is 11.9 Å². The Morgan fingerprint density at radius 1 is 1.60 bits per heavy atom. The molecule has 0 radical (unpaired) electrons. The number of nitrogen functional groups attached to an aromatic ring is 1. The van der Waals surface area contributed by atoms with Gasteiger partial charge in [-0.25, -0.2) is 4.68 Å². The smallest absolute Gasteiger partial charge is 0.243 e. The minimum Gasteiger partial charge on any atom is -0.368 e. The van der Waals surface area contributed by atoms with E-state index in [9.17, 15) is 0 Å². The highest BCUT2D eigenvalue weighted by Crippen LogP contribution is 2.06. The van der Waals surface area contributed by atoms with Crippen molar-refractivity contribution >= 4 is 11.9 Å². The minimum absolute atomic E-state index is 0.344. The maximum absolute atomic E-state index is 8.43. The van der Waals surface area contributed by atoms with Crippen LogP contribution < -0.4 is 11.1 Å². The van der Waals surface area contributed by atoms with Crippen molar-refractivity contribution in [3.05, 3.63) is 0 Å². The molecule has 1 heterocycles. The highest BCUT2D eigenvalue weighted by molar-refractivity contribution is 5.31. The molecule has 0 fully saturated rings. The molecule has 1 rings (SSSR count). The van der Waals surface area contributed by atoms with Gasteiger partial charge in [0.2, 0.25) is 11.9 Å². The average molecular weight is 208 g/mol. The molecule has 0 unspecified atom stereocenters. The van der Waals surface area contributed by atoms with E-state index < -0.39 is 0 Å². The first-order valence-corrected chi connectivity index (χ1v) is 4.94. The number of anilines is 2. The Kier molecular flexibility index (Phi) is 3.92. The number of hydrogen-bond acceptors (Lipinski definition) is 5. The zero-order valence-corrected chi connectivity index (χ0v) is 9.06. The molecule has 0 saturated carbocycles. The Balaban J connectivity index is 2.57. The van der Waals surface area contributed by atoms with Gasteiger partial charge in [-0.3, -0.25) is 0 Å². The largest absolute Gasteiger partial charge is 0.368 e. The van der Waals surface area contributed by atoms with Crippen molar-refractivity contribution in [3.8, 4) is 6.07 Å². The zero-order chi connectivity index (χ0) is 11.3. The van der Waals surface area contributed by atoms with Crippen LogP contribution >= 0.6 is 0 Å². The van der Waals surface area contributed by atoms with E-state index in [0.29, 0.717) is 30.8 Å². The van der Waals surface area contributed by atoms with Gasteiger partial charge in [-0.1, -0.05) is 13.8 Å². The molecule has 6 nitrogen and oxygen atoms in total. The SMILES string of the molecule is CC(C)CNc1nc(N)n(CCC#N)n1. The molecule has 82 valence electrons. The zero-order valence-electron chi connectivity index (χ0n) is 9.06. The second-order valence-corrected chi connectivity index (χ2v) is 3.70. The standard InChI is InChI=1S/C9H16N6/c1-7(2)6-12-9-13-8(11)15(14-9)5-3-4-10/h7H,3,5-6H2,1-2H3,(H3,11,12,13,14). The number of rotatable bonds is 5. The Bertz CT molecular complexity index is 348. The van der Waals surface area contributed by atoms with Crippen LogP contribution in [-0.4, -0.2) is 21.3 Å². The summed E-state index contributed by atoms with van der Waals surface area (Å²) in [5.41, 5.74) is 5.63. The lowest BCUT2D eigenvalue weighted by Crippen LogP contribution is -2.09. The molecule has 0 aromatic carbocycles. The Labute approximate surface area is 89.1 Å². The van der Waals surface area contributed by atoms with Gasteiger partial charge in [0.25, 0.3) is 0 Å². The number of nitriles is 1. The highest BCUT2D eigenvalue weighted by atomic mass is 15.4. The number of aryl methyl sites for hydroxylation is 1. The quantitative estimate of drug-likeness (QED) is 0.748. The molecular formula is C9H16N6. The summed E-state index contributed by atoms with van der Waals surface area (Å²) in [6.45, 7) is 5.49. The fraction of sp³-hybridized carbons (Fsp3) is 0.667. The van der Waals surface area contributed by atoms with Gasteiger partial charge in [-0.2, -0.15) is 10.2 Å². The van der Waals surface area contributed by atoms with Gasteiger partial charge in [-0.15, -0.1) is 5.10 Å². The van der Waals surface area contributed by atoms with Crippen molar-refractivity contribution in [1.82, 2.24) is 14.8 Å². The van der Waals surface area contributed by atoms with Crippen LogP contribution in [0.15, 0.2) is 0 Å². The number of hydrogen-bond donors (Lipinski definition) is 2. The fourth-order valence-corrected chi connectivity index (χ4v) is 1.04. The van der Waals surface area contributed by atoms with Crippen LogP contribution in [0.3, 0.4) is 0 Å². The molecule has 1 aromatic heterocycles. The fourth-order valence-electron chi connectivity index (χ4n) is 1.04. The van der Waals surface area contributed by atoms with Crippen LogP contribution in [0, 0.1) is 17.2 Å². The van der Waals surface area contributed by atoms with E-state index in [4.69, 9.17) is 11.0 Å². The number of nitrogens with two attached hydrogens (primary N) is 1. The van der Waals surface area contributed by atoms with Crippen LogP contribution in [0.2, 0.25) is 0 Å². The Morgan fingerprint density at radius 3 is 2.93 bits per heavy atom. The molecular weight excluding hydrogens is 192 g/mol. The van der Waals surface area contributed by atoms with E-state index in [1.807, 2.05) is 6.07 Å². The molecule has 3 N–H and O–H groups in total. The van der Waals surface area contributed by atoms with Crippen molar-refractivity contribution in [1.29, 1.82) is 5.26 Å². The van der Waals surface area contributed by atoms with Gasteiger partial charge in [0.1, 0.15) is 0 Å². The predicted octanol–water partition coefficient (Wildman–Crippen LogP) is 0.842. The third-order valence-electron chi connectivity index (χ3n) is 1.80. The molecule has 0 amide bonds. The second-order valence-electron chi connectivity index (χ2n) is 3.70. The van der Waals surface area contributed by atoms with Crippen LogP contribution in [-0.2, 0) is 6.54 Å². The van der Waals surface area contributed by atoms with Crippen molar-refractivity contribution in [2.45, 2.75) is 26.8 Å². The number of aromatic nitrogens is 3. The summed E-state index contributed by atoms with van der Waals surface area (Å²) in [5.74, 6) is 1.40. The highest BCUT2D eigenvalue weighted by Gasteiger charge is 2.06. The molecule has 0 bridgehead atoms. The maximum atomic E-state index is 8.43. The molecule has 1 aromatic rings. The van der Waals surface area contributed by atoms with Crippen molar-refractivity contribution < 1.29 is 0 Å². The van der Waals surface area contributed by atoms with Crippen LogP contribution in [0.1, 0.15) is 20.3 Å². The Morgan fingerprint density at radius 2 is 2.33 bits per heavy atom. The Hall–Kier alpha value is -1.77. The summed E-state index contributed by atoms with van der Waals surface area (Å²) in [6.07, 6.45) is 0.386. The first-order chi connectivity index (χ1) is 7.13. The third kappa shape index (κ3) is 3.46. The number of nitrogens with zero attached hydrogens (tertiary/aromatic N) is 4. The normalized spacial score (nSPS) is 10.3. The third-order valence-corrected chi connectivity index (χ3v) is 1.80. The molecule has 0 saturated heterocycles. The lowest BCUT2D eigenvalue weighted by Gasteiger charge is -2.03. The second kappa shape index (κ2) is 5.20.